The SMILES string of the molecule is COc1cccc(Cc2nc3c(c(N4CCOCC4)n2)CN(C(=O)Nc2c(Cl)cccc2Cl)CC3)c1. The number of nitrogens with zero attached hydrogens (tertiary/aromatic N) is 4. The number of anilines is 2. The summed E-state index contributed by atoms with van der Waals surface area (Å²) in [4.78, 5) is 27.0. The van der Waals surface area contributed by atoms with Crippen molar-refractivity contribution in [3.05, 3.63) is 75.2 Å². The topological polar surface area (TPSA) is 79.8 Å². The largest absolute Gasteiger partial charge is 0.497 e. The molecule has 2 aliphatic rings. The quantitative estimate of drug-likeness (QED) is 0.512. The Hall–Kier alpha value is -3.07. The van der Waals surface area contributed by atoms with Crippen LogP contribution in [0.1, 0.15) is 22.6 Å². The minimum Gasteiger partial charge on any atom is -0.497 e. The lowest BCUT2D eigenvalue weighted by Crippen LogP contribution is -2.42. The maximum absolute atomic E-state index is 13.1. The van der Waals surface area contributed by atoms with Crippen LogP contribution in [0.15, 0.2) is 42.5 Å². The van der Waals surface area contributed by atoms with E-state index in [4.69, 9.17) is 42.6 Å². The molecule has 8 nitrogen and oxygen atoms in total. The van der Waals surface area contributed by atoms with E-state index >= 15 is 0 Å². The number of nitrogens with one attached hydrogen (secondary N) is 1. The predicted molar refractivity (Wildman–Crippen MR) is 140 cm³/mol. The van der Waals surface area contributed by atoms with E-state index in [2.05, 4.69) is 10.2 Å². The summed E-state index contributed by atoms with van der Waals surface area (Å²) in [5.74, 6) is 2.43. The zero-order chi connectivity index (χ0) is 25.1. The maximum atomic E-state index is 13.1. The Morgan fingerprint density at radius 3 is 2.58 bits per heavy atom. The molecule has 5 rings (SSSR count). The molecular weight excluding hydrogens is 501 g/mol. The van der Waals surface area contributed by atoms with Gasteiger partial charge in [0.15, 0.2) is 0 Å². The Labute approximate surface area is 220 Å². The van der Waals surface area contributed by atoms with Crippen LogP contribution >= 0.6 is 23.2 Å². The summed E-state index contributed by atoms with van der Waals surface area (Å²) in [5.41, 5.74) is 3.44. The smallest absolute Gasteiger partial charge is 0.322 e. The van der Waals surface area contributed by atoms with Crippen LogP contribution in [0, 0.1) is 0 Å². The van der Waals surface area contributed by atoms with Gasteiger partial charge in [-0.3, -0.25) is 0 Å². The number of para-hydroxylation sites is 1. The van der Waals surface area contributed by atoms with Gasteiger partial charge in [-0.1, -0.05) is 41.4 Å². The van der Waals surface area contributed by atoms with Gasteiger partial charge >= 0.3 is 6.03 Å². The number of carbonyl (C=O) groups excluding carboxylic acids is 1. The average Bonchev–Trinajstić information content (AvgIpc) is 2.90. The van der Waals surface area contributed by atoms with Crippen molar-refractivity contribution in [3.63, 3.8) is 0 Å². The Balaban J connectivity index is 1.42. The molecule has 0 spiro atoms. The van der Waals surface area contributed by atoms with E-state index in [1.165, 1.54) is 0 Å². The van der Waals surface area contributed by atoms with Crippen LogP contribution in [-0.4, -0.2) is 60.9 Å². The number of fused-ring (bicyclic) bond motifs is 1. The molecule has 0 radical (unpaired) electrons. The van der Waals surface area contributed by atoms with Crippen molar-refractivity contribution in [1.29, 1.82) is 0 Å². The number of ether oxygens (including phenoxy) is 2. The number of methoxy groups -OCH3 is 1. The van der Waals surface area contributed by atoms with Crippen LogP contribution in [0.4, 0.5) is 16.3 Å². The number of morpholine rings is 1. The van der Waals surface area contributed by atoms with Crippen molar-refractivity contribution in [2.45, 2.75) is 19.4 Å². The standard InChI is InChI=1S/C26H27Cl2N5O3/c1-35-18-5-2-4-17(14-18)15-23-29-22-8-9-33(26(34)31-24-20(27)6-3-7-21(24)28)16-19(22)25(30-23)32-10-12-36-13-11-32/h2-7,14H,8-13,15-16H2,1H3,(H,31,34). The molecular formula is C26H27Cl2N5O3. The summed E-state index contributed by atoms with van der Waals surface area (Å²) in [6.07, 6.45) is 1.22. The zero-order valence-corrected chi connectivity index (χ0v) is 21.5. The monoisotopic (exact) mass is 527 g/mol. The molecule has 1 fully saturated rings. The van der Waals surface area contributed by atoms with Gasteiger partial charge in [0.2, 0.25) is 0 Å². The third kappa shape index (κ3) is 5.36. The number of urea groups is 1. The number of carbonyl (C=O) groups is 1. The van der Waals surface area contributed by atoms with E-state index in [-0.39, 0.29) is 6.03 Å². The van der Waals surface area contributed by atoms with Crippen LogP contribution in [0.25, 0.3) is 0 Å². The number of aromatic nitrogens is 2. The molecule has 188 valence electrons. The van der Waals surface area contributed by atoms with Crippen molar-refractivity contribution in [1.82, 2.24) is 14.9 Å². The number of amides is 2. The van der Waals surface area contributed by atoms with Gasteiger partial charge in [0.1, 0.15) is 17.4 Å². The van der Waals surface area contributed by atoms with Crippen molar-refractivity contribution < 1.29 is 14.3 Å². The Bertz CT molecular complexity index is 1250. The molecule has 3 aromatic rings. The van der Waals surface area contributed by atoms with Gasteiger partial charge in [-0.05, 0) is 29.8 Å². The molecule has 0 aliphatic carbocycles. The molecule has 1 N–H and O–H groups in total. The fraction of sp³-hybridized carbons (Fsp3) is 0.346. The highest BCUT2D eigenvalue weighted by molar-refractivity contribution is 6.39. The van der Waals surface area contributed by atoms with Crippen LogP contribution in [0.3, 0.4) is 0 Å². The van der Waals surface area contributed by atoms with Crippen LogP contribution in [0.2, 0.25) is 10.0 Å². The maximum Gasteiger partial charge on any atom is 0.322 e. The van der Waals surface area contributed by atoms with E-state index < -0.39 is 0 Å². The Morgan fingerprint density at radius 2 is 1.83 bits per heavy atom. The number of halogens is 2. The molecule has 2 amide bonds. The first-order valence-electron chi connectivity index (χ1n) is 11.9. The molecule has 10 heteroatoms. The van der Waals surface area contributed by atoms with Gasteiger partial charge in [-0.25, -0.2) is 14.8 Å². The van der Waals surface area contributed by atoms with Crippen LogP contribution in [-0.2, 0) is 24.1 Å². The molecule has 1 saturated heterocycles. The van der Waals surface area contributed by atoms with Crippen molar-refractivity contribution in [2.75, 3.05) is 50.2 Å². The van der Waals surface area contributed by atoms with E-state index in [0.717, 1.165) is 47.3 Å². The minimum absolute atomic E-state index is 0.260. The number of hydrogen-bond donors (Lipinski definition) is 1. The second-order valence-corrected chi connectivity index (χ2v) is 9.53. The van der Waals surface area contributed by atoms with Crippen molar-refractivity contribution in [2.24, 2.45) is 0 Å². The molecule has 3 heterocycles. The second-order valence-electron chi connectivity index (χ2n) is 8.71. The summed E-state index contributed by atoms with van der Waals surface area (Å²) in [6.45, 7) is 3.68. The van der Waals surface area contributed by atoms with Gasteiger partial charge in [0, 0.05) is 38.0 Å². The molecule has 0 unspecified atom stereocenters. The third-order valence-corrected chi connectivity index (χ3v) is 7.00. The van der Waals surface area contributed by atoms with Gasteiger partial charge in [0.25, 0.3) is 0 Å². The van der Waals surface area contributed by atoms with E-state index in [1.54, 1.807) is 30.2 Å². The first-order chi connectivity index (χ1) is 17.5. The van der Waals surface area contributed by atoms with E-state index in [1.807, 2.05) is 24.3 Å². The summed E-state index contributed by atoms with van der Waals surface area (Å²) in [5, 5.41) is 3.66. The minimum atomic E-state index is -0.260. The van der Waals surface area contributed by atoms with Gasteiger partial charge in [0.05, 0.1) is 48.3 Å². The Morgan fingerprint density at radius 1 is 1.08 bits per heavy atom. The molecule has 36 heavy (non-hydrogen) atoms. The van der Waals surface area contributed by atoms with Gasteiger partial charge in [-0.15, -0.1) is 0 Å². The lowest BCUT2D eigenvalue weighted by atomic mass is 10.0. The lowest BCUT2D eigenvalue weighted by Gasteiger charge is -2.34. The van der Waals surface area contributed by atoms with Gasteiger partial charge < -0.3 is 24.6 Å². The van der Waals surface area contributed by atoms with E-state index in [0.29, 0.717) is 54.9 Å². The molecule has 0 atom stereocenters. The lowest BCUT2D eigenvalue weighted by molar-refractivity contribution is 0.122. The fourth-order valence-electron chi connectivity index (χ4n) is 4.50. The summed E-state index contributed by atoms with van der Waals surface area (Å²) < 4.78 is 10.9. The van der Waals surface area contributed by atoms with Crippen LogP contribution < -0.4 is 15.0 Å². The molecule has 0 saturated carbocycles. The van der Waals surface area contributed by atoms with Crippen molar-refractivity contribution in [3.8, 4) is 5.75 Å². The average molecular weight is 528 g/mol. The number of hydrogen-bond acceptors (Lipinski definition) is 6. The summed E-state index contributed by atoms with van der Waals surface area (Å²) in [6, 6.07) is 12.8. The van der Waals surface area contributed by atoms with Crippen LogP contribution in [0.5, 0.6) is 5.75 Å². The highest BCUT2D eigenvalue weighted by atomic mass is 35.5. The molecule has 1 aromatic heterocycles. The summed E-state index contributed by atoms with van der Waals surface area (Å²) >= 11 is 12.5. The van der Waals surface area contributed by atoms with E-state index in [9.17, 15) is 4.79 Å². The molecule has 2 aliphatic heterocycles. The first-order valence-corrected chi connectivity index (χ1v) is 12.6. The highest BCUT2D eigenvalue weighted by Crippen LogP contribution is 2.32. The highest BCUT2D eigenvalue weighted by Gasteiger charge is 2.29. The molecule has 0 bridgehead atoms. The normalized spacial score (nSPS) is 15.4. The second kappa shape index (κ2) is 10.9. The predicted octanol–water partition coefficient (Wildman–Crippen LogP) is 4.81. The molecule has 2 aromatic carbocycles. The fourth-order valence-corrected chi connectivity index (χ4v) is 5.00. The summed E-state index contributed by atoms with van der Waals surface area (Å²) in [7, 11) is 1.66. The zero-order valence-electron chi connectivity index (χ0n) is 20.0. The number of rotatable bonds is 5. The third-order valence-electron chi connectivity index (χ3n) is 6.37. The number of benzene rings is 2. The van der Waals surface area contributed by atoms with Gasteiger partial charge in [-0.2, -0.15) is 0 Å². The Kier molecular flexibility index (Phi) is 7.46. The first kappa shape index (κ1) is 24.6. The van der Waals surface area contributed by atoms with Crippen molar-refractivity contribution >= 4 is 40.7 Å².